The van der Waals surface area contributed by atoms with E-state index in [1.165, 1.54) is 11.4 Å². The van der Waals surface area contributed by atoms with Crippen LogP contribution in [0.3, 0.4) is 0 Å². The number of hydrogen-bond donors (Lipinski definition) is 0. The largest absolute Gasteiger partial charge is 0.482 e. The van der Waals surface area contributed by atoms with Crippen molar-refractivity contribution in [3.63, 3.8) is 0 Å². The van der Waals surface area contributed by atoms with Crippen LogP contribution in [0.15, 0.2) is 60.7 Å². The molecule has 0 saturated heterocycles. The summed E-state index contributed by atoms with van der Waals surface area (Å²) < 4.78 is 6.33. The van der Waals surface area contributed by atoms with Crippen molar-refractivity contribution in [2.45, 2.75) is 37.6 Å². The highest BCUT2D eigenvalue weighted by molar-refractivity contribution is 6.48. The minimum Gasteiger partial charge on any atom is -0.482 e. The fourth-order valence-corrected chi connectivity index (χ4v) is 3.36. The maximum Gasteiger partial charge on any atom is 0.455 e. The number of nitrogens with zero attached hydrogens (tertiary/aromatic N) is 1. The van der Waals surface area contributed by atoms with Crippen molar-refractivity contribution in [3.05, 3.63) is 60.7 Å². The summed E-state index contributed by atoms with van der Waals surface area (Å²) >= 11 is -1.10. The average molecular weight is 297 g/mol. The first kappa shape index (κ1) is 16.1. The zero-order valence-corrected chi connectivity index (χ0v) is 14.4. The first-order valence-corrected chi connectivity index (χ1v) is 10.5. The zero-order chi connectivity index (χ0) is 15.1. The molecule has 0 aliphatic carbocycles. The molecule has 21 heavy (non-hydrogen) atoms. The Morgan fingerprint density at radius 3 is 1.76 bits per heavy atom. The van der Waals surface area contributed by atoms with Crippen molar-refractivity contribution in [3.8, 4) is 0 Å². The van der Waals surface area contributed by atoms with E-state index >= 15 is 0 Å². The van der Waals surface area contributed by atoms with Crippen LogP contribution >= 0.6 is 0 Å². The second-order valence-corrected chi connectivity index (χ2v) is 7.84. The third-order valence-corrected chi connectivity index (χ3v) is 4.18. The molecule has 0 aliphatic heterocycles. The number of benzene rings is 2. The molecule has 0 aromatic heterocycles. The lowest BCUT2D eigenvalue weighted by molar-refractivity contribution is 0.199. The Bertz CT molecular complexity index is 476. The van der Waals surface area contributed by atoms with Crippen molar-refractivity contribution in [1.82, 2.24) is 0 Å². The molecule has 0 saturated carbocycles. The molecule has 110 valence electrons. The molecule has 0 spiro atoms. The van der Waals surface area contributed by atoms with Crippen LogP contribution in [0.5, 0.6) is 0 Å². The van der Waals surface area contributed by atoms with Crippen LogP contribution in [0.25, 0.3) is 0 Å². The monoisotopic (exact) mass is 297 g/mol. The SMILES string of the molecule is CCCC([O][Al]([CH3])[CH3])N(c1ccccc1)c1ccccc1. The zero-order valence-electron chi connectivity index (χ0n) is 13.2. The molecule has 0 aliphatic rings. The van der Waals surface area contributed by atoms with Gasteiger partial charge in [0.05, 0.1) is 0 Å². The maximum absolute atomic E-state index is 6.33. The lowest BCUT2D eigenvalue weighted by Gasteiger charge is -2.35. The molecule has 0 N–H and O–H groups in total. The lowest BCUT2D eigenvalue weighted by atomic mass is 10.2. The minimum absolute atomic E-state index is 0.117. The molecular weight excluding hydrogens is 273 g/mol. The van der Waals surface area contributed by atoms with E-state index < -0.39 is 14.5 Å². The van der Waals surface area contributed by atoms with Gasteiger partial charge in [0.2, 0.25) is 0 Å². The van der Waals surface area contributed by atoms with E-state index in [2.05, 4.69) is 84.1 Å². The van der Waals surface area contributed by atoms with Crippen LogP contribution in [-0.2, 0) is 3.79 Å². The Hall–Kier alpha value is -1.27. The average Bonchev–Trinajstić information content (AvgIpc) is 2.49. The molecule has 1 atom stereocenters. The van der Waals surface area contributed by atoms with Gasteiger partial charge in [0, 0.05) is 11.4 Å². The van der Waals surface area contributed by atoms with Gasteiger partial charge in [0.15, 0.2) is 0 Å². The summed E-state index contributed by atoms with van der Waals surface area (Å²) in [4.78, 5) is 2.33. The van der Waals surface area contributed by atoms with Crippen molar-refractivity contribution in [1.29, 1.82) is 0 Å². The second-order valence-electron chi connectivity index (χ2n) is 5.47. The van der Waals surface area contributed by atoms with Crippen molar-refractivity contribution < 1.29 is 3.79 Å². The van der Waals surface area contributed by atoms with Gasteiger partial charge in [0.25, 0.3) is 0 Å². The summed E-state index contributed by atoms with van der Waals surface area (Å²) in [6.45, 7) is 2.21. The molecule has 0 radical (unpaired) electrons. The standard InChI is InChI=1S/C16H18NO.2CH3.Al/c1-2-9-16(18)17(14-10-5-3-6-11-14)15-12-7-4-8-13-15;;;/h3-8,10-13,16H,2,9H2,1H3;2*1H3;/q-1;;;+1. The molecule has 2 aromatic rings. The Kier molecular flexibility index (Phi) is 6.32. The Morgan fingerprint density at radius 2 is 1.38 bits per heavy atom. The van der Waals surface area contributed by atoms with Gasteiger partial charge in [-0.2, -0.15) is 0 Å². The first-order valence-electron chi connectivity index (χ1n) is 7.77. The van der Waals surface area contributed by atoms with Gasteiger partial charge in [-0.05, 0) is 30.7 Å². The van der Waals surface area contributed by atoms with Crippen LogP contribution in [-0.4, -0.2) is 20.7 Å². The second kappa shape index (κ2) is 8.24. The molecule has 0 amide bonds. The van der Waals surface area contributed by atoms with E-state index in [9.17, 15) is 0 Å². The minimum atomic E-state index is -1.10. The van der Waals surface area contributed by atoms with Gasteiger partial charge >= 0.3 is 14.5 Å². The molecule has 1 unspecified atom stereocenters. The maximum atomic E-state index is 6.33. The first-order chi connectivity index (χ1) is 10.2. The summed E-state index contributed by atoms with van der Waals surface area (Å²) in [6, 6.07) is 21.1. The van der Waals surface area contributed by atoms with Gasteiger partial charge in [0.1, 0.15) is 6.23 Å². The van der Waals surface area contributed by atoms with Crippen LogP contribution in [0.1, 0.15) is 19.8 Å². The van der Waals surface area contributed by atoms with Crippen molar-refractivity contribution >= 4 is 25.9 Å². The quantitative estimate of drug-likeness (QED) is 0.513. The summed E-state index contributed by atoms with van der Waals surface area (Å²) in [7, 11) is 0. The molecular formula is C18H24AlNO. The summed E-state index contributed by atoms with van der Waals surface area (Å²) in [5.41, 5.74) is 2.38. The van der Waals surface area contributed by atoms with E-state index in [1.54, 1.807) is 0 Å². The van der Waals surface area contributed by atoms with Gasteiger partial charge in [-0.3, -0.25) is 0 Å². The van der Waals surface area contributed by atoms with Gasteiger partial charge in [-0.1, -0.05) is 61.3 Å². The van der Waals surface area contributed by atoms with E-state index in [0.717, 1.165) is 12.8 Å². The van der Waals surface area contributed by atoms with Gasteiger partial charge in [-0.15, -0.1) is 0 Å². The van der Waals surface area contributed by atoms with E-state index in [0.29, 0.717) is 0 Å². The molecule has 2 rings (SSSR count). The van der Waals surface area contributed by atoms with Crippen molar-refractivity contribution in [2.24, 2.45) is 0 Å². The Labute approximate surface area is 133 Å². The topological polar surface area (TPSA) is 12.5 Å². The number of anilines is 2. The van der Waals surface area contributed by atoms with Crippen LogP contribution < -0.4 is 4.90 Å². The third-order valence-electron chi connectivity index (χ3n) is 3.32. The van der Waals surface area contributed by atoms with Crippen LogP contribution in [0.4, 0.5) is 11.4 Å². The summed E-state index contributed by atoms with van der Waals surface area (Å²) in [5.74, 6) is 4.47. The number of para-hydroxylation sites is 2. The fraction of sp³-hybridized carbons (Fsp3) is 0.333. The molecule has 2 aromatic carbocycles. The molecule has 0 heterocycles. The fourth-order valence-electron chi connectivity index (χ4n) is 2.48. The normalized spacial score (nSPS) is 12.0. The third kappa shape index (κ3) is 4.61. The predicted octanol–water partition coefficient (Wildman–Crippen LogP) is 5.22. The Morgan fingerprint density at radius 1 is 0.905 bits per heavy atom. The molecule has 0 fully saturated rings. The Balaban J connectivity index is 2.39. The molecule has 0 bridgehead atoms. The smallest absolute Gasteiger partial charge is 0.455 e. The summed E-state index contributed by atoms with van der Waals surface area (Å²) in [6.07, 6.45) is 2.27. The molecule has 3 heteroatoms. The van der Waals surface area contributed by atoms with Crippen LogP contribution in [0.2, 0.25) is 11.6 Å². The van der Waals surface area contributed by atoms with Gasteiger partial charge < -0.3 is 8.69 Å². The predicted molar refractivity (Wildman–Crippen MR) is 92.3 cm³/mol. The van der Waals surface area contributed by atoms with E-state index in [4.69, 9.17) is 3.79 Å². The van der Waals surface area contributed by atoms with E-state index in [-0.39, 0.29) is 6.23 Å². The van der Waals surface area contributed by atoms with Crippen LogP contribution in [0, 0.1) is 0 Å². The number of hydrogen-bond acceptors (Lipinski definition) is 2. The number of rotatable bonds is 7. The summed E-state index contributed by atoms with van der Waals surface area (Å²) in [5, 5.41) is 0. The highest BCUT2D eigenvalue weighted by Gasteiger charge is 2.22. The van der Waals surface area contributed by atoms with E-state index in [1.807, 2.05) is 0 Å². The lowest BCUT2D eigenvalue weighted by Crippen LogP contribution is -2.36. The molecule has 2 nitrogen and oxygen atoms in total. The van der Waals surface area contributed by atoms with Gasteiger partial charge in [-0.25, -0.2) is 0 Å². The highest BCUT2D eigenvalue weighted by Crippen LogP contribution is 2.30. The van der Waals surface area contributed by atoms with Crippen molar-refractivity contribution in [2.75, 3.05) is 4.90 Å². The highest BCUT2D eigenvalue weighted by atomic mass is 27.2.